The van der Waals surface area contributed by atoms with Crippen LogP contribution in [0, 0.1) is 6.92 Å². The number of nitrogens with zero attached hydrogens (tertiary/aromatic N) is 3. The van der Waals surface area contributed by atoms with Crippen LogP contribution < -0.4 is 20.9 Å². The van der Waals surface area contributed by atoms with Gasteiger partial charge < -0.3 is 20.0 Å². The first-order chi connectivity index (χ1) is 16.1. The number of ether oxygens (including phenoxy) is 1. The van der Waals surface area contributed by atoms with Crippen LogP contribution in [-0.4, -0.2) is 46.1 Å². The Morgan fingerprint density at radius 2 is 1.97 bits per heavy atom. The lowest BCUT2D eigenvalue weighted by Gasteiger charge is -2.36. The minimum atomic E-state index is -0.0217. The zero-order chi connectivity index (χ0) is 22.8. The molecule has 0 radical (unpaired) electrons. The standard InChI is InChI=1S/C24H28N6O2S/c1-16-3-7-18(8-4-16)20-13-21-23-26-27-24(29(23)11-12-30(21)28-20)33-15-22(31)25-14-17-5-9-19(32-2)10-6-17/h3-12,20-21,23,26,28H,13-15H2,1-2H3,(H,25,31). The lowest BCUT2D eigenvalue weighted by molar-refractivity contribution is -0.118. The van der Waals surface area contributed by atoms with Crippen LogP contribution in [0.4, 0.5) is 0 Å². The molecule has 9 heteroatoms. The number of hydrogen-bond donors (Lipinski definition) is 3. The summed E-state index contributed by atoms with van der Waals surface area (Å²) >= 11 is 1.44. The van der Waals surface area contributed by atoms with E-state index in [9.17, 15) is 4.79 Å². The van der Waals surface area contributed by atoms with Crippen molar-refractivity contribution in [3.05, 3.63) is 77.6 Å². The van der Waals surface area contributed by atoms with Gasteiger partial charge in [-0.1, -0.05) is 53.7 Å². The fourth-order valence-electron chi connectivity index (χ4n) is 4.29. The van der Waals surface area contributed by atoms with E-state index >= 15 is 0 Å². The van der Waals surface area contributed by atoms with Crippen LogP contribution in [0.15, 0.2) is 66.0 Å². The maximum atomic E-state index is 12.4. The first-order valence-electron chi connectivity index (χ1n) is 11.0. The predicted octanol–water partition coefficient (Wildman–Crippen LogP) is 2.66. The number of carbonyl (C=O) groups excluding carboxylic acids is 1. The molecule has 0 aromatic heterocycles. The number of hydrogen-bond acceptors (Lipinski definition) is 8. The van der Waals surface area contributed by atoms with E-state index in [0.29, 0.717) is 12.3 Å². The summed E-state index contributed by atoms with van der Waals surface area (Å²) < 4.78 is 5.17. The molecule has 3 aliphatic rings. The molecule has 1 fully saturated rings. The number of aryl methyl sites for hydroxylation is 1. The highest BCUT2D eigenvalue weighted by molar-refractivity contribution is 8.14. The number of amides is 1. The monoisotopic (exact) mass is 464 g/mol. The summed E-state index contributed by atoms with van der Waals surface area (Å²) in [6.45, 7) is 2.59. The van der Waals surface area contributed by atoms with Gasteiger partial charge in [0, 0.05) is 18.9 Å². The summed E-state index contributed by atoms with van der Waals surface area (Å²) in [6.07, 6.45) is 5.09. The van der Waals surface area contributed by atoms with E-state index in [-0.39, 0.29) is 24.2 Å². The molecule has 2 aromatic rings. The molecule has 1 amide bonds. The summed E-state index contributed by atoms with van der Waals surface area (Å²) in [6, 6.07) is 16.9. The number of hydrazine groups is 1. The SMILES string of the molecule is COc1ccc(CNC(=O)CSC2=NNC3C4CC(c5ccc(C)cc5)NN4C=CN23)cc1. The third kappa shape index (κ3) is 4.65. The van der Waals surface area contributed by atoms with Crippen LogP contribution in [0.25, 0.3) is 0 Å². The van der Waals surface area contributed by atoms with Gasteiger partial charge >= 0.3 is 0 Å². The number of hydrazone groups is 1. The van der Waals surface area contributed by atoms with Crippen LogP contribution in [0.2, 0.25) is 0 Å². The second kappa shape index (κ2) is 9.36. The Morgan fingerprint density at radius 3 is 2.73 bits per heavy atom. The van der Waals surface area contributed by atoms with Gasteiger partial charge in [-0.05, 0) is 36.6 Å². The van der Waals surface area contributed by atoms with Crippen LogP contribution in [0.1, 0.15) is 29.2 Å². The van der Waals surface area contributed by atoms with Gasteiger partial charge in [-0.25, -0.2) is 5.43 Å². The van der Waals surface area contributed by atoms with Crippen molar-refractivity contribution in [1.82, 2.24) is 26.1 Å². The van der Waals surface area contributed by atoms with Crippen molar-refractivity contribution in [3.8, 4) is 5.75 Å². The van der Waals surface area contributed by atoms with E-state index in [1.807, 2.05) is 30.5 Å². The number of rotatable bonds is 6. The average Bonchev–Trinajstić information content (AvgIpc) is 3.46. The number of fused-ring (bicyclic) bond motifs is 3. The van der Waals surface area contributed by atoms with Crippen molar-refractivity contribution in [2.75, 3.05) is 12.9 Å². The van der Waals surface area contributed by atoms with E-state index in [2.05, 4.69) is 68.6 Å². The highest BCUT2D eigenvalue weighted by Gasteiger charge is 2.44. The van der Waals surface area contributed by atoms with E-state index in [0.717, 1.165) is 22.9 Å². The van der Waals surface area contributed by atoms with Gasteiger partial charge in [0.15, 0.2) is 5.17 Å². The number of carbonyl (C=O) groups is 1. The van der Waals surface area contributed by atoms with E-state index in [1.165, 1.54) is 22.9 Å². The molecule has 1 saturated heterocycles. The van der Waals surface area contributed by atoms with Crippen molar-refractivity contribution in [3.63, 3.8) is 0 Å². The zero-order valence-corrected chi connectivity index (χ0v) is 19.5. The van der Waals surface area contributed by atoms with Gasteiger partial charge in [0.1, 0.15) is 11.9 Å². The highest BCUT2D eigenvalue weighted by atomic mass is 32.2. The summed E-state index contributed by atoms with van der Waals surface area (Å²) in [4.78, 5) is 14.5. The Labute approximate surface area is 198 Å². The molecule has 172 valence electrons. The van der Waals surface area contributed by atoms with Crippen LogP contribution in [-0.2, 0) is 11.3 Å². The predicted molar refractivity (Wildman–Crippen MR) is 130 cm³/mol. The number of amidine groups is 1. The van der Waals surface area contributed by atoms with E-state index in [4.69, 9.17) is 4.74 Å². The Balaban J connectivity index is 1.12. The third-order valence-corrected chi connectivity index (χ3v) is 7.13. The molecule has 2 aromatic carbocycles. The quantitative estimate of drug-likeness (QED) is 0.606. The van der Waals surface area contributed by atoms with Crippen molar-refractivity contribution in [2.24, 2.45) is 5.10 Å². The van der Waals surface area contributed by atoms with Gasteiger partial charge in [0.25, 0.3) is 0 Å². The molecule has 0 aliphatic carbocycles. The summed E-state index contributed by atoms with van der Waals surface area (Å²) in [5.74, 6) is 1.09. The third-order valence-electron chi connectivity index (χ3n) is 6.17. The molecule has 3 atom stereocenters. The molecule has 5 rings (SSSR count). The first-order valence-corrected chi connectivity index (χ1v) is 12.0. The second-order valence-electron chi connectivity index (χ2n) is 8.39. The Kier molecular flexibility index (Phi) is 6.15. The van der Waals surface area contributed by atoms with E-state index < -0.39 is 0 Å². The number of benzene rings is 2. The largest absolute Gasteiger partial charge is 0.497 e. The van der Waals surface area contributed by atoms with Crippen molar-refractivity contribution in [2.45, 2.75) is 38.1 Å². The van der Waals surface area contributed by atoms with Gasteiger partial charge in [-0.15, -0.1) is 0 Å². The van der Waals surface area contributed by atoms with Crippen LogP contribution in [0.3, 0.4) is 0 Å². The van der Waals surface area contributed by atoms with Gasteiger partial charge in [0.05, 0.1) is 24.9 Å². The van der Waals surface area contributed by atoms with Crippen molar-refractivity contribution < 1.29 is 9.53 Å². The maximum absolute atomic E-state index is 12.4. The normalized spacial score (nSPS) is 23.0. The molecule has 3 heterocycles. The minimum absolute atomic E-state index is 0.0217. The summed E-state index contributed by atoms with van der Waals surface area (Å²) in [7, 11) is 1.64. The molecule has 0 spiro atoms. The first kappa shape index (κ1) is 21.7. The van der Waals surface area contributed by atoms with E-state index in [1.54, 1.807) is 7.11 Å². The topological polar surface area (TPSA) is 81.2 Å². The molecular formula is C24H28N6O2S. The summed E-state index contributed by atoms with van der Waals surface area (Å²) in [5, 5.41) is 10.5. The molecule has 3 unspecified atom stereocenters. The lowest BCUT2D eigenvalue weighted by atomic mass is 9.99. The highest BCUT2D eigenvalue weighted by Crippen LogP contribution is 2.35. The molecular weight excluding hydrogens is 436 g/mol. The number of nitrogens with one attached hydrogen (secondary N) is 3. The molecule has 0 saturated carbocycles. The van der Waals surface area contributed by atoms with Crippen molar-refractivity contribution >= 4 is 22.8 Å². The molecule has 0 bridgehead atoms. The second-order valence-corrected chi connectivity index (χ2v) is 9.33. The number of thioether (sulfide) groups is 1. The molecule has 33 heavy (non-hydrogen) atoms. The Bertz CT molecular complexity index is 1060. The van der Waals surface area contributed by atoms with Crippen molar-refractivity contribution in [1.29, 1.82) is 0 Å². The van der Waals surface area contributed by atoms with Gasteiger partial charge in [0.2, 0.25) is 5.91 Å². The zero-order valence-electron chi connectivity index (χ0n) is 18.7. The molecule has 3 aliphatic heterocycles. The van der Waals surface area contributed by atoms with Gasteiger partial charge in [-0.3, -0.25) is 10.2 Å². The van der Waals surface area contributed by atoms with Crippen LogP contribution >= 0.6 is 11.8 Å². The molecule has 8 nitrogen and oxygen atoms in total. The van der Waals surface area contributed by atoms with Crippen LogP contribution in [0.5, 0.6) is 5.75 Å². The molecule has 3 N–H and O–H groups in total. The lowest BCUT2D eigenvalue weighted by Crippen LogP contribution is -2.54. The smallest absolute Gasteiger partial charge is 0.230 e. The summed E-state index contributed by atoms with van der Waals surface area (Å²) in [5.41, 5.74) is 10.5. The average molecular weight is 465 g/mol. The maximum Gasteiger partial charge on any atom is 0.230 e. The minimum Gasteiger partial charge on any atom is -0.497 e. The Morgan fingerprint density at radius 1 is 1.18 bits per heavy atom. The fraction of sp³-hybridized carbons (Fsp3) is 0.333. The Hall–Kier alpha value is -3.17. The number of methoxy groups -OCH3 is 1. The van der Waals surface area contributed by atoms with Gasteiger partial charge in [-0.2, -0.15) is 5.10 Å². The fourth-order valence-corrected chi connectivity index (χ4v) is 5.09.